The largest absolute Gasteiger partial charge is 0.323 e. The van der Waals surface area contributed by atoms with Gasteiger partial charge in [0.2, 0.25) is 0 Å². The Hall–Kier alpha value is -1.55. The lowest BCUT2D eigenvalue weighted by atomic mass is 10.3. The molecule has 0 amide bonds. The van der Waals surface area contributed by atoms with Crippen LogP contribution < -0.4 is 5.23 Å². The van der Waals surface area contributed by atoms with E-state index in [1.807, 2.05) is 18.2 Å². The maximum absolute atomic E-state index is 10.0. The van der Waals surface area contributed by atoms with E-state index in [9.17, 15) is 4.79 Å². The average Bonchev–Trinajstić information content (AvgIpc) is 2.15. The zero-order chi connectivity index (χ0) is 8.81. The van der Waals surface area contributed by atoms with Crippen LogP contribution in [0.2, 0.25) is 0 Å². The van der Waals surface area contributed by atoms with Crippen molar-refractivity contribution in [2.24, 2.45) is 0 Å². The number of para-hydroxylation sites is 1. The Balaban J connectivity index is 2.72. The Kier molecular flexibility index (Phi) is 3.10. The van der Waals surface area contributed by atoms with Crippen LogP contribution in [0.5, 0.6) is 0 Å². The van der Waals surface area contributed by atoms with Crippen LogP contribution in [0.25, 0.3) is 0 Å². The smallest absolute Gasteiger partial charge is 0.318 e. The summed E-state index contributed by atoms with van der Waals surface area (Å²) in [7, 11) is 1.41. The van der Waals surface area contributed by atoms with E-state index in [4.69, 9.17) is 4.84 Å². The summed E-state index contributed by atoms with van der Waals surface area (Å²) in [5.41, 5.74) is 0.659. The lowest BCUT2D eigenvalue weighted by molar-refractivity contribution is -0.144. The molecule has 4 nitrogen and oxygen atoms in total. The maximum atomic E-state index is 10.0. The van der Waals surface area contributed by atoms with Crippen molar-refractivity contribution in [1.29, 1.82) is 0 Å². The summed E-state index contributed by atoms with van der Waals surface area (Å²) in [6.07, 6.45) is 0. The molecule has 0 bridgehead atoms. The minimum Gasteiger partial charge on any atom is -0.318 e. The van der Waals surface area contributed by atoms with Crippen molar-refractivity contribution in [1.82, 2.24) is 0 Å². The van der Waals surface area contributed by atoms with E-state index in [-0.39, 0.29) is 0 Å². The molecule has 1 aromatic rings. The Morgan fingerprint density at radius 1 is 1.33 bits per heavy atom. The molecule has 0 aliphatic rings. The van der Waals surface area contributed by atoms with Crippen LogP contribution in [-0.4, -0.2) is 13.6 Å². The van der Waals surface area contributed by atoms with E-state index in [1.54, 1.807) is 12.1 Å². The van der Waals surface area contributed by atoms with Crippen LogP contribution in [0.4, 0.5) is 5.69 Å². The van der Waals surface area contributed by atoms with Crippen molar-refractivity contribution in [2.45, 2.75) is 0 Å². The summed E-state index contributed by atoms with van der Waals surface area (Å²) < 4.78 is 0. The van der Waals surface area contributed by atoms with E-state index in [0.29, 0.717) is 12.2 Å². The van der Waals surface area contributed by atoms with Gasteiger partial charge in [0.25, 0.3) is 0 Å². The first-order chi connectivity index (χ1) is 5.88. The van der Waals surface area contributed by atoms with Crippen LogP contribution >= 0.6 is 0 Å². The highest BCUT2D eigenvalue weighted by Gasteiger charge is 2.03. The molecule has 64 valence electrons. The monoisotopic (exact) mass is 167 g/mol. The fraction of sp³-hybridized carbons (Fsp3) is 0.125. The van der Waals surface area contributed by atoms with Crippen LogP contribution in [-0.2, 0) is 14.5 Å². The second kappa shape index (κ2) is 4.35. The first-order valence-corrected chi connectivity index (χ1v) is 3.38. The van der Waals surface area contributed by atoms with Crippen molar-refractivity contribution in [3.8, 4) is 0 Å². The summed E-state index contributed by atoms with van der Waals surface area (Å²) in [4.78, 5) is 19.3. The van der Waals surface area contributed by atoms with Gasteiger partial charge in [-0.25, -0.2) is 4.84 Å². The number of carbonyl (C=O) groups is 1. The average molecular weight is 167 g/mol. The zero-order valence-electron chi connectivity index (χ0n) is 6.64. The van der Waals surface area contributed by atoms with E-state index in [1.165, 1.54) is 7.11 Å². The molecule has 0 spiro atoms. The van der Waals surface area contributed by atoms with E-state index in [0.717, 1.165) is 5.23 Å². The number of carbonyl (C=O) groups excluding carboxylic acids is 1. The molecule has 4 heteroatoms. The van der Waals surface area contributed by atoms with Gasteiger partial charge in [-0.2, -0.15) is 0 Å². The van der Waals surface area contributed by atoms with Gasteiger partial charge in [-0.05, 0) is 12.1 Å². The Bertz CT molecular complexity index is 237. The molecule has 0 unspecified atom stereocenters. The normalized spacial score (nSPS) is 9.08. The Morgan fingerprint density at radius 3 is 2.50 bits per heavy atom. The first kappa shape index (κ1) is 8.55. The van der Waals surface area contributed by atoms with Gasteiger partial charge in [0, 0.05) is 0 Å². The third-order valence-corrected chi connectivity index (χ3v) is 1.27. The van der Waals surface area contributed by atoms with Gasteiger partial charge in [-0.3, -0.25) is 4.79 Å². The first-order valence-electron chi connectivity index (χ1n) is 3.38. The number of nitrogens with zero attached hydrogens (tertiary/aromatic N) is 1. The molecule has 0 aromatic heterocycles. The third kappa shape index (κ3) is 1.96. The topological polar surface area (TPSA) is 38.8 Å². The molecule has 12 heavy (non-hydrogen) atoms. The van der Waals surface area contributed by atoms with E-state index >= 15 is 0 Å². The van der Waals surface area contributed by atoms with E-state index < -0.39 is 0 Å². The van der Waals surface area contributed by atoms with Gasteiger partial charge in [0.15, 0.2) is 0 Å². The molecule has 1 rings (SSSR count). The number of rotatable bonds is 4. The van der Waals surface area contributed by atoms with Crippen molar-refractivity contribution < 1.29 is 14.5 Å². The molecule has 0 N–H and O–H groups in total. The standard InChI is InChI=1S/C8H9NO3/c1-11-9(12-7-10)8-5-3-2-4-6-8/h2-7H,1H3. The predicted molar refractivity (Wildman–Crippen MR) is 43.1 cm³/mol. The fourth-order valence-electron chi connectivity index (χ4n) is 0.798. The summed E-state index contributed by atoms with van der Waals surface area (Å²) in [6, 6.07) is 9.00. The molecule has 0 saturated heterocycles. The quantitative estimate of drug-likeness (QED) is 0.498. The third-order valence-electron chi connectivity index (χ3n) is 1.27. The maximum Gasteiger partial charge on any atom is 0.323 e. The molecule has 1 aromatic carbocycles. The summed E-state index contributed by atoms with van der Waals surface area (Å²) in [5.74, 6) is 0. The van der Waals surface area contributed by atoms with Gasteiger partial charge in [-0.1, -0.05) is 23.4 Å². The SMILES string of the molecule is CON(OC=O)c1ccccc1. The minimum absolute atomic E-state index is 0.302. The summed E-state index contributed by atoms with van der Waals surface area (Å²) >= 11 is 0. The van der Waals surface area contributed by atoms with Crippen LogP contribution in [0, 0.1) is 0 Å². The highest BCUT2D eigenvalue weighted by Crippen LogP contribution is 2.12. The number of benzene rings is 1. The Labute approximate surface area is 70.2 Å². The molecule has 0 fully saturated rings. The molecular formula is C8H9NO3. The van der Waals surface area contributed by atoms with Crippen molar-refractivity contribution >= 4 is 12.2 Å². The lowest BCUT2D eigenvalue weighted by Gasteiger charge is -2.16. The predicted octanol–water partition coefficient (Wildman–Crippen LogP) is 1.14. The molecular weight excluding hydrogens is 158 g/mol. The molecule has 0 heterocycles. The van der Waals surface area contributed by atoms with Crippen LogP contribution in [0.3, 0.4) is 0 Å². The molecule has 0 saturated carbocycles. The minimum atomic E-state index is 0.302. The van der Waals surface area contributed by atoms with Gasteiger partial charge in [0.05, 0.1) is 7.11 Å². The molecule has 0 aliphatic heterocycles. The molecule has 0 aliphatic carbocycles. The molecule has 0 radical (unpaired) electrons. The van der Waals surface area contributed by atoms with Gasteiger partial charge in [-0.15, -0.1) is 0 Å². The lowest BCUT2D eigenvalue weighted by Crippen LogP contribution is -2.20. The summed E-state index contributed by atoms with van der Waals surface area (Å²) in [6.45, 7) is 0.302. The second-order valence-corrected chi connectivity index (χ2v) is 1.98. The van der Waals surface area contributed by atoms with Gasteiger partial charge in [0.1, 0.15) is 5.69 Å². The zero-order valence-corrected chi connectivity index (χ0v) is 6.64. The Morgan fingerprint density at radius 2 is 2.00 bits per heavy atom. The van der Waals surface area contributed by atoms with Gasteiger partial charge >= 0.3 is 6.47 Å². The van der Waals surface area contributed by atoms with Crippen molar-refractivity contribution in [2.75, 3.05) is 12.3 Å². The van der Waals surface area contributed by atoms with Crippen LogP contribution in [0.1, 0.15) is 0 Å². The highest BCUT2D eigenvalue weighted by molar-refractivity contribution is 5.46. The molecule has 0 atom stereocenters. The highest BCUT2D eigenvalue weighted by atomic mass is 16.9. The summed E-state index contributed by atoms with van der Waals surface area (Å²) in [5, 5.41) is 1.02. The van der Waals surface area contributed by atoms with Crippen LogP contribution in [0.15, 0.2) is 30.3 Å². The second-order valence-electron chi connectivity index (χ2n) is 1.98. The number of anilines is 1. The van der Waals surface area contributed by atoms with Crippen molar-refractivity contribution in [3.63, 3.8) is 0 Å². The fourth-order valence-corrected chi connectivity index (χ4v) is 0.798. The van der Waals surface area contributed by atoms with E-state index in [2.05, 4.69) is 4.84 Å². The number of hydrogen-bond acceptors (Lipinski definition) is 4. The van der Waals surface area contributed by atoms with Gasteiger partial charge < -0.3 is 4.84 Å². The van der Waals surface area contributed by atoms with Crippen molar-refractivity contribution in [3.05, 3.63) is 30.3 Å². The number of hydrogen-bond donors (Lipinski definition) is 0.